The second-order valence-corrected chi connectivity index (χ2v) is 6.26. The molecule has 0 amide bonds. The molecule has 0 spiro atoms. The number of fused-ring (bicyclic) bond motifs is 1. The van der Waals surface area contributed by atoms with Gasteiger partial charge in [-0.2, -0.15) is 0 Å². The fourth-order valence-corrected chi connectivity index (χ4v) is 3.31. The molecule has 0 bridgehead atoms. The zero-order valence-electron chi connectivity index (χ0n) is 10.8. The molecule has 0 saturated heterocycles. The maximum atomic E-state index is 14.0. The molecule has 1 aliphatic rings. The van der Waals surface area contributed by atoms with E-state index in [-0.39, 0.29) is 5.56 Å². The predicted molar refractivity (Wildman–Crippen MR) is 83.3 cm³/mol. The SMILES string of the molecule is OC(c1cc2c(cc1Br)OCCO2)c1c(F)cccc1Br. The summed E-state index contributed by atoms with van der Waals surface area (Å²) in [7, 11) is 0. The van der Waals surface area contributed by atoms with E-state index in [4.69, 9.17) is 9.47 Å². The summed E-state index contributed by atoms with van der Waals surface area (Å²) in [6.07, 6.45) is -1.12. The van der Waals surface area contributed by atoms with E-state index in [1.165, 1.54) is 6.07 Å². The van der Waals surface area contributed by atoms with Gasteiger partial charge in [-0.25, -0.2) is 4.39 Å². The van der Waals surface area contributed by atoms with Crippen molar-refractivity contribution in [2.24, 2.45) is 0 Å². The van der Waals surface area contributed by atoms with E-state index in [9.17, 15) is 9.50 Å². The van der Waals surface area contributed by atoms with Crippen LogP contribution in [0.4, 0.5) is 4.39 Å². The van der Waals surface area contributed by atoms with Crippen molar-refractivity contribution in [1.29, 1.82) is 0 Å². The van der Waals surface area contributed by atoms with Gasteiger partial charge in [-0.3, -0.25) is 0 Å². The van der Waals surface area contributed by atoms with Crippen LogP contribution in [0.15, 0.2) is 39.3 Å². The normalized spacial score (nSPS) is 14.9. The van der Waals surface area contributed by atoms with Gasteiger partial charge in [-0.1, -0.05) is 37.9 Å². The fraction of sp³-hybridized carbons (Fsp3) is 0.200. The molecule has 1 atom stereocenters. The highest BCUT2D eigenvalue weighted by Gasteiger charge is 2.23. The second-order valence-electron chi connectivity index (χ2n) is 4.56. The average molecular weight is 418 g/mol. The van der Waals surface area contributed by atoms with E-state index in [0.29, 0.717) is 39.2 Å². The van der Waals surface area contributed by atoms with Gasteiger partial charge in [-0.05, 0) is 24.3 Å². The van der Waals surface area contributed by atoms with Crippen molar-refractivity contribution in [3.63, 3.8) is 0 Å². The monoisotopic (exact) mass is 416 g/mol. The summed E-state index contributed by atoms with van der Waals surface area (Å²) in [6.45, 7) is 0.938. The Labute approximate surface area is 137 Å². The van der Waals surface area contributed by atoms with Crippen molar-refractivity contribution < 1.29 is 19.0 Å². The van der Waals surface area contributed by atoms with Crippen LogP contribution in [0.1, 0.15) is 17.2 Å². The van der Waals surface area contributed by atoms with Crippen molar-refractivity contribution in [3.8, 4) is 11.5 Å². The first-order valence-electron chi connectivity index (χ1n) is 6.29. The molecule has 21 heavy (non-hydrogen) atoms. The number of aliphatic hydroxyl groups is 1. The molecular weight excluding hydrogens is 407 g/mol. The number of halogens is 3. The highest BCUT2D eigenvalue weighted by atomic mass is 79.9. The lowest BCUT2D eigenvalue weighted by Gasteiger charge is -2.22. The van der Waals surface area contributed by atoms with Gasteiger partial charge < -0.3 is 14.6 Å². The van der Waals surface area contributed by atoms with Crippen LogP contribution in [-0.4, -0.2) is 18.3 Å². The smallest absolute Gasteiger partial charge is 0.162 e. The van der Waals surface area contributed by atoms with Crippen LogP contribution in [0, 0.1) is 5.82 Å². The number of rotatable bonds is 2. The quantitative estimate of drug-likeness (QED) is 0.795. The predicted octanol–water partition coefficient (Wildman–Crippen LogP) is 4.20. The maximum absolute atomic E-state index is 14.0. The molecule has 1 N–H and O–H groups in total. The molecule has 0 aromatic heterocycles. The fourth-order valence-electron chi connectivity index (χ4n) is 2.22. The van der Waals surface area contributed by atoms with Gasteiger partial charge in [0.1, 0.15) is 25.1 Å². The topological polar surface area (TPSA) is 38.7 Å². The Morgan fingerprint density at radius 3 is 2.38 bits per heavy atom. The third kappa shape index (κ3) is 2.80. The van der Waals surface area contributed by atoms with Gasteiger partial charge >= 0.3 is 0 Å². The Balaban J connectivity index is 2.07. The van der Waals surface area contributed by atoms with Gasteiger partial charge in [0.2, 0.25) is 0 Å². The average Bonchev–Trinajstić information content (AvgIpc) is 2.46. The molecule has 0 fully saturated rings. The zero-order chi connectivity index (χ0) is 15.0. The minimum absolute atomic E-state index is 0.190. The summed E-state index contributed by atoms with van der Waals surface area (Å²) >= 11 is 6.66. The Hall–Kier alpha value is -1.11. The minimum Gasteiger partial charge on any atom is -0.486 e. The first kappa shape index (κ1) is 14.8. The van der Waals surface area contributed by atoms with Crippen LogP contribution in [0.25, 0.3) is 0 Å². The van der Waals surface area contributed by atoms with E-state index in [1.54, 1.807) is 24.3 Å². The van der Waals surface area contributed by atoms with Gasteiger partial charge in [0, 0.05) is 20.1 Å². The Morgan fingerprint density at radius 2 is 1.71 bits per heavy atom. The van der Waals surface area contributed by atoms with Gasteiger partial charge in [-0.15, -0.1) is 0 Å². The van der Waals surface area contributed by atoms with E-state index in [0.717, 1.165) is 0 Å². The van der Waals surface area contributed by atoms with Gasteiger partial charge in [0.25, 0.3) is 0 Å². The van der Waals surface area contributed by atoms with Crippen molar-refractivity contribution in [1.82, 2.24) is 0 Å². The summed E-state index contributed by atoms with van der Waals surface area (Å²) in [5.74, 6) is 0.682. The summed E-state index contributed by atoms with van der Waals surface area (Å²) in [6, 6.07) is 7.97. The van der Waals surface area contributed by atoms with E-state index < -0.39 is 11.9 Å². The van der Waals surface area contributed by atoms with Crippen molar-refractivity contribution in [3.05, 3.63) is 56.2 Å². The number of ether oxygens (including phenoxy) is 2. The Kier molecular flexibility index (Phi) is 4.19. The molecule has 0 radical (unpaired) electrons. The van der Waals surface area contributed by atoms with Gasteiger partial charge in [0.15, 0.2) is 11.5 Å². The number of aliphatic hydroxyl groups excluding tert-OH is 1. The van der Waals surface area contributed by atoms with E-state index in [1.807, 2.05) is 0 Å². The number of hydrogen-bond acceptors (Lipinski definition) is 3. The minimum atomic E-state index is -1.12. The molecule has 1 unspecified atom stereocenters. The molecule has 110 valence electrons. The lowest BCUT2D eigenvalue weighted by atomic mass is 10.0. The number of hydrogen-bond donors (Lipinski definition) is 1. The maximum Gasteiger partial charge on any atom is 0.162 e. The van der Waals surface area contributed by atoms with Crippen LogP contribution in [0.3, 0.4) is 0 Å². The lowest BCUT2D eigenvalue weighted by Crippen LogP contribution is -2.16. The molecule has 6 heteroatoms. The third-order valence-corrected chi connectivity index (χ3v) is 4.61. The first-order chi connectivity index (χ1) is 10.1. The first-order valence-corrected chi connectivity index (χ1v) is 7.87. The van der Waals surface area contributed by atoms with Crippen LogP contribution in [0.5, 0.6) is 11.5 Å². The molecule has 0 saturated carbocycles. The highest BCUT2D eigenvalue weighted by molar-refractivity contribution is 9.10. The van der Waals surface area contributed by atoms with Crippen LogP contribution in [-0.2, 0) is 0 Å². The van der Waals surface area contributed by atoms with Crippen LogP contribution in [0.2, 0.25) is 0 Å². The third-order valence-electron chi connectivity index (χ3n) is 3.23. The molecule has 1 aliphatic heterocycles. The molecule has 0 aliphatic carbocycles. The molecule has 2 aromatic rings. The molecule has 3 rings (SSSR count). The van der Waals surface area contributed by atoms with Crippen LogP contribution < -0.4 is 9.47 Å². The van der Waals surface area contributed by atoms with Gasteiger partial charge in [0.05, 0.1) is 0 Å². The van der Waals surface area contributed by atoms with E-state index in [2.05, 4.69) is 31.9 Å². The summed E-state index contributed by atoms with van der Waals surface area (Å²) in [5, 5.41) is 10.5. The van der Waals surface area contributed by atoms with Crippen LogP contribution >= 0.6 is 31.9 Å². The Bertz CT molecular complexity index is 671. The molecule has 1 heterocycles. The summed E-state index contributed by atoms with van der Waals surface area (Å²) < 4.78 is 26.1. The molecular formula is C15H11Br2FO3. The van der Waals surface area contributed by atoms with E-state index >= 15 is 0 Å². The summed E-state index contributed by atoms with van der Waals surface area (Å²) in [5.41, 5.74) is 0.708. The largest absolute Gasteiger partial charge is 0.486 e. The van der Waals surface area contributed by atoms with Crippen molar-refractivity contribution >= 4 is 31.9 Å². The number of benzene rings is 2. The standard InChI is InChI=1S/C15H11Br2FO3/c16-9-2-1-3-11(18)14(9)15(19)8-6-12-13(7-10(8)17)21-5-4-20-12/h1-3,6-7,15,19H,4-5H2. The second kappa shape index (κ2) is 5.94. The Morgan fingerprint density at radius 1 is 1.05 bits per heavy atom. The molecule has 2 aromatic carbocycles. The zero-order valence-corrected chi connectivity index (χ0v) is 13.9. The summed E-state index contributed by atoms with van der Waals surface area (Å²) in [4.78, 5) is 0. The van der Waals surface area contributed by atoms with Crippen molar-refractivity contribution in [2.75, 3.05) is 13.2 Å². The lowest BCUT2D eigenvalue weighted by molar-refractivity contribution is 0.169. The molecule has 3 nitrogen and oxygen atoms in total. The van der Waals surface area contributed by atoms with Crippen molar-refractivity contribution in [2.45, 2.75) is 6.10 Å². The highest BCUT2D eigenvalue weighted by Crippen LogP contribution is 2.41.